The van der Waals surface area contributed by atoms with Crippen molar-refractivity contribution < 1.29 is 14.6 Å². The number of carbonyl (C=O) groups is 1. The van der Waals surface area contributed by atoms with E-state index >= 15 is 0 Å². The van der Waals surface area contributed by atoms with Crippen LogP contribution in [0.1, 0.15) is 15.9 Å². The summed E-state index contributed by atoms with van der Waals surface area (Å²) in [6.45, 7) is 0.842. The Kier molecular flexibility index (Phi) is 2.04. The topological polar surface area (TPSA) is 58.6 Å². The number of carboxylic acids is 1. The van der Waals surface area contributed by atoms with Gasteiger partial charge in [0, 0.05) is 6.54 Å². The van der Waals surface area contributed by atoms with E-state index in [-0.39, 0.29) is 5.56 Å². The first kappa shape index (κ1) is 8.87. The van der Waals surface area contributed by atoms with Gasteiger partial charge in [0.05, 0.1) is 12.8 Å². The first-order valence-corrected chi connectivity index (χ1v) is 4.41. The Morgan fingerprint density at radius 1 is 1.57 bits per heavy atom. The van der Waals surface area contributed by atoms with Crippen molar-refractivity contribution in [3.8, 4) is 5.75 Å². The van der Waals surface area contributed by atoms with Gasteiger partial charge in [-0.05, 0) is 18.1 Å². The molecule has 4 heteroatoms. The third-order valence-corrected chi connectivity index (χ3v) is 2.37. The Morgan fingerprint density at radius 3 is 3.00 bits per heavy atom. The van der Waals surface area contributed by atoms with E-state index in [0.29, 0.717) is 5.75 Å². The first-order valence-electron chi connectivity index (χ1n) is 4.41. The molecule has 2 rings (SSSR count). The van der Waals surface area contributed by atoms with E-state index in [1.807, 2.05) is 6.07 Å². The molecule has 0 saturated heterocycles. The molecule has 4 nitrogen and oxygen atoms in total. The number of hydrogen-bond acceptors (Lipinski definition) is 3. The third kappa shape index (κ3) is 1.19. The van der Waals surface area contributed by atoms with Gasteiger partial charge in [-0.2, -0.15) is 0 Å². The lowest BCUT2D eigenvalue weighted by Crippen LogP contribution is -2.03. The van der Waals surface area contributed by atoms with E-state index in [2.05, 4.69) is 5.32 Å². The van der Waals surface area contributed by atoms with E-state index < -0.39 is 5.97 Å². The zero-order valence-electron chi connectivity index (χ0n) is 7.83. The third-order valence-electron chi connectivity index (χ3n) is 2.37. The minimum atomic E-state index is -0.960. The van der Waals surface area contributed by atoms with Crippen LogP contribution in [0.2, 0.25) is 0 Å². The van der Waals surface area contributed by atoms with Crippen LogP contribution in [0.15, 0.2) is 12.1 Å². The average Bonchev–Trinajstić information content (AvgIpc) is 2.63. The van der Waals surface area contributed by atoms with Crippen LogP contribution in [-0.4, -0.2) is 24.7 Å². The highest BCUT2D eigenvalue weighted by Gasteiger charge is 2.21. The van der Waals surface area contributed by atoms with Gasteiger partial charge in [-0.15, -0.1) is 0 Å². The van der Waals surface area contributed by atoms with Gasteiger partial charge in [0.1, 0.15) is 5.56 Å². The maximum absolute atomic E-state index is 10.9. The summed E-state index contributed by atoms with van der Waals surface area (Å²) in [4.78, 5) is 10.9. The average molecular weight is 193 g/mol. The van der Waals surface area contributed by atoms with Crippen molar-refractivity contribution >= 4 is 11.7 Å². The number of benzene rings is 1. The van der Waals surface area contributed by atoms with Crippen molar-refractivity contribution in [2.75, 3.05) is 19.0 Å². The number of nitrogens with one attached hydrogen (secondary N) is 1. The van der Waals surface area contributed by atoms with Crippen molar-refractivity contribution in [1.29, 1.82) is 0 Å². The lowest BCUT2D eigenvalue weighted by molar-refractivity contribution is 0.0693. The van der Waals surface area contributed by atoms with Crippen molar-refractivity contribution in [2.24, 2.45) is 0 Å². The summed E-state index contributed by atoms with van der Waals surface area (Å²) < 4.78 is 5.11. The van der Waals surface area contributed by atoms with E-state index in [4.69, 9.17) is 9.84 Å². The molecule has 1 heterocycles. The van der Waals surface area contributed by atoms with Gasteiger partial charge in [-0.3, -0.25) is 0 Å². The number of ether oxygens (including phenoxy) is 1. The molecule has 1 aromatic rings. The molecule has 1 aliphatic rings. The maximum atomic E-state index is 10.9. The van der Waals surface area contributed by atoms with Gasteiger partial charge in [0.15, 0.2) is 5.75 Å². The Balaban J connectivity index is 2.59. The number of aromatic carboxylic acids is 1. The first-order chi connectivity index (χ1) is 6.74. The fraction of sp³-hybridized carbons (Fsp3) is 0.300. The molecule has 1 aromatic carbocycles. The molecule has 74 valence electrons. The van der Waals surface area contributed by atoms with Crippen LogP contribution in [0, 0.1) is 0 Å². The van der Waals surface area contributed by atoms with Gasteiger partial charge in [0.2, 0.25) is 0 Å². The minimum absolute atomic E-state index is 0.209. The molecule has 0 radical (unpaired) electrons. The molecule has 2 N–H and O–H groups in total. The van der Waals surface area contributed by atoms with Gasteiger partial charge in [-0.1, -0.05) is 6.07 Å². The lowest BCUT2D eigenvalue weighted by atomic mass is 10.1. The molecule has 1 aliphatic heterocycles. The van der Waals surface area contributed by atoms with Crippen LogP contribution in [-0.2, 0) is 6.42 Å². The Labute approximate surface area is 81.5 Å². The summed E-state index contributed by atoms with van der Waals surface area (Å²) in [5.74, 6) is -0.522. The summed E-state index contributed by atoms with van der Waals surface area (Å²) in [7, 11) is 1.49. The number of hydrogen-bond donors (Lipinski definition) is 2. The van der Waals surface area contributed by atoms with E-state index in [1.165, 1.54) is 7.11 Å². The molecular formula is C10H11NO3. The predicted molar refractivity (Wildman–Crippen MR) is 52.1 cm³/mol. The second kappa shape index (κ2) is 3.21. The standard InChI is InChI=1S/C10H11NO3/c1-14-9-7(10(12)13)3-2-6-4-5-11-8(6)9/h2-3,11H,4-5H2,1H3,(H,12,13). The molecule has 0 bridgehead atoms. The monoisotopic (exact) mass is 193 g/mol. The molecule has 0 amide bonds. The molecule has 0 saturated carbocycles. The lowest BCUT2D eigenvalue weighted by Gasteiger charge is -2.10. The number of fused-ring (bicyclic) bond motifs is 1. The highest BCUT2D eigenvalue weighted by Crippen LogP contribution is 2.35. The molecule has 0 atom stereocenters. The molecule has 0 fully saturated rings. The van der Waals surface area contributed by atoms with Crippen LogP contribution in [0.3, 0.4) is 0 Å². The summed E-state index contributed by atoms with van der Waals surface area (Å²) >= 11 is 0. The highest BCUT2D eigenvalue weighted by molar-refractivity contribution is 5.94. The molecule has 0 aromatic heterocycles. The van der Waals surface area contributed by atoms with Crippen molar-refractivity contribution in [3.63, 3.8) is 0 Å². The summed E-state index contributed by atoms with van der Waals surface area (Å²) in [6, 6.07) is 3.42. The van der Waals surface area contributed by atoms with Crippen LogP contribution in [0.25, 0.3) is 0 Å². The van der Waals surface area contributed by atoms with Crippen LogP contribution >= 0.6 is 0 Å². The fourth-order valence-electron chi connectivity index (χ4n) is 1.73. The van der Waals surface area contributed by atoms with Gasteiger partial charge >= 0.3 is 5.97 Å². The fourth-order valence-corrected chi connectivity index (χ4v) is 1.73. The second-order valence-electron chi connectivity index (χ2n) is 3.16. The zero-order chi connectivity index (χ0) is 10.1. The van der Waals surface area contributed by atoms with Crippen LogP contribution in [0.4, 0.5) is 5.69 Å². The number of methoxy groups -OCH3 is 1. The number of carboxylic acid groups (broad SMARTS) is 1. The number of anilines is 1. The highest BCUT2D eigenvalue weighted by atomic mass is 16.5. The number of rotatable bonds is 2. The quantitative estimate of drug-likeness (QED) is 0.744. The smallest absolute Gasteiger partial charge is 0.339 e. The molecular weight excluding hydrogens is 182 g/mol. The van der Waals surface area contributed by atoms with Crippen molar-refractivity contribution in [1.82, 2.24) is 0 Å². The van der Waals surface area contributed by atoms with Gasteiger partial charge in [0.25, 0.3) is 0 Å². The van der Waals surface area contributed by atoms with Gasteiger partial charge < -0.3 is 15.2 Å². The van der Waals surface area contributed by atoms with Gasteiger partial charge in [-0.25, -0.2) is 4.79 Å². The Bertz CT molecular complexity index is 387. The molecule has 0 aliphatic carbocycles. The Morgan fingerprint density at radius 2 is 2.36 bits per heavy atom. The molecule has 14 heavy (non-hydrogen) atoms. The Hall–Kier alpha value is -1.71. The zero-order valence-corrected chi connectivity index (χ0v) is 7.83. The largest absolute Gasteiger partial charge is 0.494 e. The van der Waals surface area contributed by atoms with E-state index in [1.54, 1.807) is 6.07 Å². The van der Waals surface area contributed by atoms with E-state index in [0.717, 1.165) is 24.2 Å². The summed E-state index contributed by atoms with van der Waals surface area (Å²) in [5.41, 5.74) is 2.15. The van der Waals surface area contributed by atoms with Crippen molar-refractivity contribution in [3.05, 3.63) is 23.3 Å². The minimum Gasteiger partial charge on any atom is -0.494 e. The SMILES string of the molecule is COc1c(C(=O)O)ccc2c1NCC2. The summed E-state index contributed by atoms with van der Waals surface area (Å²) in [5, 5.41) is 12.0. The maximum Gasteiger partial charge on any atom is 0.339 e. The van der Waals surface area contributed by atoms with Crippen LogP contribution in [0.5, 0.6) is 5.75 Å². The molecule has 0 unspecified atom stereocenters. The van der Waals surface area contributed by atoms with Crippen molar-refractivity contribution in [2.45, 2.75) is 6.42 Å². The normalized spacial score (nSPS) is 13.2. The molecule has 0 spiro atoms. The van der Waals surface area contributed by atoms with E-state index in [9.17, 15) is 4.79 Å². The summed E-state index contributed by atoms with van der Waals surface area (Å²) in [6.07, 6.45) is 0.922. The second-order valence-corrected chi connectivity index (χ2v) is 3.16. The van der Waals surface area contributed by atoms with Crippen LogP contribution < -0.4 is 10.1 Å². The predicted octanol–water partition coefficient (Wildman–Crippen LogP) is 1.36.